The zero-order valence-corrected chi connectivity index (χ0v) is 14.1. The van der Waals surface area contributed by atoms with Crippen molar-refractivity contribution in [3.8, 4) is 0 Å². The van der Waals surface area contributed by atoms with E-state index in [0.29, 0.717) is 13.1 Å². The first kappa shape index (κ1) is 16.4. The van der Waals surface area contributed by atoms with Gasteiger partial charge in [-0.15, -0.1) is 11.3 Å². The van der Waals surface area contributed by atoms with Crippen molar-refractivity contribution in [2.75, 3.05) is 62.3 Å². The predicted octanol–water partition coefficient (Wildman–Crippen LogP) is 0.200. The van der Waals surface area contributed by atoms with Gasteiger partial charge in [0.25, 0.3) is 0 Å². The number of fused-ring (bicyclic) bond motifs is 1. The highest BCUT2D eigenvalue weighted by molar-refractivity contribution is 7.17. The molecule has 0 saturated carbocycles. The summed E-state index contributed by atoms with van der Waals surface area (Å²) >= 11 is 1.61. The molecule has 3 heterocycles. The van der Waals surface area contributed by atoms with E-state index in [0.717, 1.165) is 53.7 Å². The van der Waals surface area contributed by atoms with Crippen LogP contribution in [-0.2, 0) is 0 Å². The molecule has 23 heavy (non-hydrogen) atoms. The summed E-state index contributed by atoms with van der Waals surface area (Å²) in [6.45, 7) is 6.62. The third kappa shape index (κ3) is 3.40. The van der Waals surface area contributed by atoms with Gasteiger partial charge >= 0.3 is 0 Å². The Morgan fingerprint density at radius 3 is 2.57 bits per heavy atom. The number of anilines is 2. The molecule has 8 heteroatoms. The van der Waals surface area contributed by atoms with Crippen LogP contribution in [0.4, 0.5) is 11.8 Å². The van der Waals surface area contributed by atoms with Gasteiger partial charge in [0, 0.05) is 39.3 Å². The van der Waals surface area contributed by atoms with Gasteiger partial charge in [-0.2, -0.15) is 4.98 Å². The van der Waals surface area contributed by atoms with Crippen LogP contribution in [0.5, 0.6) is 0 Å². The number of nitrogens with zero attached hydrogens (tertiary/aromatic N) is 4. The number of aliphatic hydroxyl groups is 2. The fourth-order valence-electron chi connectivity index (χ4n) is 2.85. The molecule has 126 valence electrons. The number of thiophene rings is 1. The molecule has 0 bridgehead atoms. The summed E-state index contributed by atoms with van der Waals surface area (Å²) < 4.78 is 0. The molecule has 1 fully saturated rings. The quantitative estimate of drug-likeness (QED) is 0.694. The van der Waals surface area contributed by atoms with Crippen molar-refractivity contribution < 1.29 is 10.2 Å². The van der Waals surface area contributed by atoms with Crippen LogP contribution in [0.3, 0.4) is 0 Å². The molecule has 3 N–H and O–H groups in total. The van der Waals surface area contributed by atoms with E-state index in [9.17, 15) is 10.2 Å². The fraction of sp³-hybridized carbons (Fsp3) is 0.600. The summed E-state index contributed by atoms with van der Waals surface area (Å²) in [6, 6.07) is 0. The lowest BCUT2D eigenvalue weighted by Crippen LogP contribution is -2.44. The second kappa shape index (κ2) is 7.39. The molecule has 1 aliphatic rings. The lowest BCUT2D eigenvalue weighted by molar-refractivity contribution is 0.281. The van der Waals surface area contributed by atoms with E-state index >= 15 is 0 Å². The van der Waals surface area contributed by atoms with Crippen LogP contribution >= 0.6 is 11.3 Å². The fourth-order valence-corrected chi connectivity index (χ4v) is 3.76. The first-order valence-electron chi connectivity index (χ1n) is 7.92. The summed E-state index contributed by atoms with van der Waals surface area (Å²) in [7, 11) is 0. The van der Waals surface area contributed by atoms with E-state index in [2.05, 4.69) is 15.6 Å². The molecule has 1 saturated heterocycles. The molecule has 0 atom stereocenters. The van der Waals surface area contributed by atoms with Gasteiger partial charge < -0.3 is 25.3 Å². The second-order valence-electron chi connectivity index (χ2n) is 5.62. The Morgan fingerprint density at radius 2 is 1.91 bits per heavy atom. The van der Waals surface area contributed by atoms with Gasteiger partial charge in [0.05, 0.1) is 18.6 Å². The van der Waals surface area contributed by atoms with E-state index in [4.69, 9.17) is 9.97 Å². The molecule has 2 aromatic rings. The van der Waals surface area contributed by atoms with Crippen LogP contribution in [0.2, 0.25) is 0 Å². The molecule has 0 spiro atoms. The second-order valence-corrected chi connectivity index (χ2v) is 6.48. The maximum absolute atomic E-state index is 9.35. The van der Waals surface area contributed by atoms with Crippen LogP contribution < -0.4 is 15.1 Å². The molecule has 0 aromatic carbocycles. The standard InChI is InChI=1S/C15H23N5O2S/c1-11-10-23-14-12(11)13(19(6-8-21)7-9-22)17-15(18-14)20-4-2-16-3-5-20/h10,16,21-22H,2-9H2,1H3. The zero-order valence-electron chi connectivity index (χ0n) is 13.3. The summed E-state index contributed by atoms with van der Waals surface area (Å²) in [5.74, 6) is 1.54. The maximum Gasteiger partial charge on any atom is 0.228 e. The van der Waals surface area contributed by atoms with Gasteiger partial charge in [-0.05, 0) is 17.9 Å². The number of rotatable bonds is 6. The number of aromatic nitrogens is 2. The van der Waals surface area contributed by atoms with E-state index in [1.54, 1.807) is 11.3 Å². The maximum atomic E-state index is 9.35. The smallest absolute Gasteiger partial charge is 0.228 e. The van der Waals surface area contributed by atoms with Crippen LogP contribution in [0, 0.1) is 6.92 Å². The first-order valence-corrected chi connectivity index (χ1v) is 8.80. The lowest BCUT2D eigenvalue weighted by atomic mass is 10.2. The lowest BCUT2D eigenvalue weighted by Gasteiger charge is -2.29. The van der Waals surface area contributed by atoms with E-state index in [1.807, 2.05) is 11.8 Å². The van der Waals surface area contributed by atoms with Crippen LogP contribution in [0.1, 0.15) is 5.56 Å². The van der Waals surface area contributed by atoms with E-state index < -0.39 is 0 Å². The number of aliphatic hydroxyl groups excluding tert-OH is 2. The van der Waals surface area contributed by atoms with Gasteiger partial charge in [0.15, 0.2) is 0 Å². The summed E-state index contributed by atoms with van der Waals surface area (Å²) in [5.41, 5.74) is 1.13. The van der Waals surface area contributed by atoms with E-state index in [-0.39, 0.29) is 13.2 Å². The molecule has 1 aliphatic heterocycles. The Balaban J connectivity index is 2.06. The van der Waals surface area contributed by atoms with Crippen LogP contribution in [-0.4, -0.2) is 72.7 Å². The molecule has 0 unspecified atom stereocenters. The van der Waals surface area contributed by atoms with Crippen molar-refractivity contribution in [3.05, 3.63) is 10.9 Å². The molecule has 3 rings (SSSR count). The molecule has 0 radical (unpaired) electrons. The van der Waals surface area contributed by atoms with Crippen molar-refractivity contribution in [3.63, 3.8) is 0 Å². The summed E-state index contributed by atoms with van der Waals surface area (Å²) in [5, 5.41) is 25.1. The monoisotopic (exact) mass is 337 g/mol. The first-order chi connectivity index (χ1) is 11.2. The predicted molar refractivity (Wildman–Crippen MR) is 93.6 cm³/mol. The van der Waals surface area contributed by atoms with Crippen molar-refractivity contribution in [1.29, 1.82) is 0 Å². The van der Waals surface area contributed by atoms with Crippen LogP contribution in [0.15, 0.2) is 5.38 Å². The highest BCUT2D eigenvalue weighted by atomic mass is 32.1. The Kier molecular flexibility index (Phi) is 5.27. The van der Waals surface area contributed by atoms with E-state index in [1.165, 1.54) is 0 Å². The molecular weight excluding hydrogens is 314 g/mol. The van der Waals surface area contributed by atoms with Gasteiger partial charge in [-0.25, -0.2) is 4.98 Å². The van der Waals surface area contributed by atoms with Crippen molar-refractivity contribution in [1.82, 2.24) is 15.3 Å². The summed E-state index contributed by atoms with van der Waals surface area (Å²) in [4.78, 5) is 14.6. The molecule has 0 amide bonds. The van der Waals surface area contributed by atoms with Crippen molar-refractivity contribution >= 4 is 33.3 Å². The molecule has 2 aromatic heterocycles. The normalized spacial score (nSPS) is 15.3. The Labute approximate surface area is 139 Å². The zero-order chi connectivity index (χ0) is 16.2. The molecule has 7 nitrogen and oxygen atoms in total. The Morgan fingerprint density at radius 1 is 1.22 bits per heavy atom. The minimum atomic E-state index is 0.0254. The average molecular weight is 337 g/mol. The Hall–Kier alpha value is -1.48. The summed E-state index contributed by atoms with van der Waals surface area (Å²) in [6.07, 6.45) is 0. The SMILES string of the molecule is Cc1csc2nc(N3CCNCC3)nc(N(CCO)CCO)c12. The minimum Gasteiger partial charge on any atom is -0.395 e. The Bertz CT molecular complexity index is 651. The largest absolute Gasteiger partial charge is 0.395 e. The topological polar surface area (TPSA) is 84.8 Å². The van der Waals surface area contributed by atoms with Gasteiger partial charge in [0.1, 0.15) is 10.6 Å². The van der Waals surface area contributed by atoms with Gasteiger partial charge in [0.2, 0.25) is 5.95 Å². The number of piperazine rings is 1. The number of hydrogen-bond donors (Lipinski definition) is 3. The molecule has 0 aliphatic carbocycles. The third-order valence-corrected chi connectivity index (χ3v) is 5.02. The average Bonchev–Trinajstić information content (AvgIpc) is 2.96. The minimum absolute atomic E-state index is 0.0254. The van der Waals surface area contributed by atoms with Gasteiger partial charge in [-0.3, -0.25) is 0 Å². The van der Waals surface area contributed by atoms with Crippen molar-refractivity contribution in [2.24, 2.45) is 0 Å². The highest BCUT2D eigenvalue weighted by Crippen LogP contribution is 2.33. The number of aryl methyl sites for hydroxylation is 1. The number of nitrogens with one attached hydrogen (secondary N) is 1. The highest BCUT2D eigenvalue weighted by Gasteiger charge is 2.20. The van der Waals surface area contributed by atoms with Gasteiger partial charge in [-0.1, -0.05) is 0 Å². The molecular formula is C15H23N5O2S. The van der Waals surface area contributed by atoms with Crippen molar-refractivity contribution in [2.45, 2.75) is 6.92 Å². The van der Waals surface area contributed by atoms with Crippen LogP contribution in [0.25, 0.3) is 10.2 Å². The number of hydrogen-bond acceptors (Lipinski definition) is 8. The third-order valence-electron chi connectivity index (χ3n) is 4.03.